The summed E-state index contributed by atoms with van der Waals surface area (Å²) in [5.74, 6) is 0. The summed E-state index contributed by atoms with van der Waals surface area (Å²) in [6, 6.07) is 7.43. The molecular formula is C17H23N9O4S3. The van der Waals surface area contributed by atoms with Gasteiger partial charge in [0.05, 0.1) is 10.2 Å². The second-order valence-electron chi connectivity index (χ2n) is 7.33. The van der Waals surface area contributed by atoms with Crippen molar-refractivity contribution in [3.63, 3.8) is 0 Å². The summed E-state index contributed by atoms with van der Waals surface area (Å²) in [5, 5.41) is 5.91. The van der Waals surface area contributed by atoms with Crippen LogP contribution in [0.2, 0.25) is 0 Å². The van der Waals surface area contributed by atoms with Crippen molar-refractivity contribution in [1.29, 1.82) is 0 Å². The zero-order valence-electron chi connectivity index (χ0n) is 17.3. The van der Waals surface area contributed by atoms with Crippen LogP contribution >= 0.6 is 11.3 Å². The Hall–Kier alpha value is -2.25. The number of aromatic nitrogens is 1. The fourth-order valence-corrected chi connectivity index (χ4v) is 7.24. The third-order valence-electron chi connectivity index (χ3n) is 4.95. The lowest BCUT2D eigenvalue weighted by Gasteiger charge is -2.22. The second-order valence-corrected chi connectivity index (χ2v) is 11.6. The van der Waals surface area contributed by atoms with Crippen molar-refractivity contribution in [3.05, 3.63) is 35.9 Å². The van der Waals surface area contributed by atoms with E-state index in [-0.39, 0.29) is 12.1 Å². The molecule has 178 valence electrons. The van der Waals surface area contributed by atoms with Gasteiger partial charge in [-0.1, -0.05) is 29.5 Å². The number of nitrogens with one attached hydrogen (secondary N) is 5. The molecule has 0 saturated carbocycles. The van der Waals surface area contributed by atoms with Gasteiger partial charge >= 0.3 is 0 Å². The van der Waals surface area contributed by atoms with E-state index < -0.39 is 42.0 Å². The summed E-state index contributed by atoms with van der Waals surface area (Å²) in [5.41, 5.74) is 23.8. The molecule has 13 nitrogen and oxygen atoms in total. The number of para-hydroxylation sites is 1. The third-order valence-corrected chi connectivity index (χ3v) is 8.57. The third kappa shape index (κ3) is 4.58. The van der Waals surface area contributed by atoms with Crippen molar-refractivity contribution in [2.24, 2.45) is 10.9 Å². The molecule has 2 aromatic carbocycles. The molecule has 1 fully saturated rings. The number of hydrogen-bond donors (Lipinski definition) is 8. The highest BCUT2D eigenvalue weighted by molar-refractivity contribution is 7.92. The topological polar surface area (TPSA) is 219 Å². The first-order chi connectivity index (χ1) is 15.5. The van der Waals surface area contributed by atoms with E-state index in [0.717, 1.165) is 4.70 Å². The number of primary sulfonamides is 1. The quantitative estimate of drug-likeness (QED) is 0.190. The molecule has 1 saturated heterocycles. The predicted molar refractivity (Wildman–Crippen MR) is 125 cm³/mol. The maximum Gasteiger partial charge on any atom is 0.242 e. The molecule has 0 unspecified atom stereocenters. The van der Waals surface area contributed by atoms with E-state index in [4.69, 9.17) is 16.6 Å². The number of benzene rings is 2. The molecule has 1 aliphatic rings. The van der Waals surface area contributed by atoms with Crippen LogP contribution in [-0.2, 0) is 20.0 Å². The summed E-state index contributed by atoms with van der Waals surface area (Å²) in [6.07, 6.45) is -0.873. The van der Waals surface area contributed by atoms with E-state index in [1.54, 1.807) is 19.1 Å². The predicted octanol–water partition coefficient (Wildman–Crippen LogP) is -1.07. The van der Waals surface area contributed by atoms with Crippen LogP contribution in [0.4, 0.5) is 5.13 Å². The van der Waals surface area contributed by atoms with Crippen LogP contribution < -0.4 is 43.2 Å². The lowest BCUT2D eigenvalue weighted by molar-refractivity contribution is 0.531. The number of thiazole rings is 1. The van der Waals surface area contributed by atoms with Gasteiger partial charge in [0.15, 0.2) is 5.13 Å². The van der Waals surface area contributed by atoms with E-state index in [1.807, 2.05) is 6.07 Å². The Morgan fingerprint density at radius 1 is 1.12 bits per heavy atom. The van der Waals surface area contributed by atoms with E-state index in [1.165, 1.54) is 23.5 Å². The molecule has 0 aliphatic carbocycles. The van der Waals surface area contributed by atoms with Gasteiger partial charge in [0, 0.05) is 23.7 Å². The van der Waals surface area contributed by atoms with E-state index in [2.05, 4.69) is 31.6 Å². The minimum absolute atomic E-state index is 0.0156. The van der Waals surface area contributed by atoms with Crippen molar-refractivity contribution in [2.75, 3.05) is 12.3 Å². The minimum Gasteiger partial charge on any atom is -0.375 e. The molecule has 0 bridgehead atoms. The normalized spacial score (nSPS) is 16.5. The Balaban J connectivity index is 2.07. The molecular weight excluding hydrogens is 490 g/mol. The van der Waals surface area contributed by atoms with Crippen molar-refractivity contribution in [2.45, 2.75) is 28.9 Å². The number of anilines is 1. The van der Waals surface area contributed by atoms with Crippen LogP contribution in [0.1, 0.15) is 18.7 Å². The molecule has 0 amide bonds. The van der Waals surface area contributed by atoms with Crippen molar-refractivity contribution in [3.8, 4) is 11.1 Å². The molecule has 0 spiro atoms. The van der Waals surface area contributed by atoms with Gasteiger partial charge in [-0.05, 0) is 24.6 Å². The molecule has 0 radical (unpaired) electrons. The molecule has 16 heteroatoms. The van der Waals surface area contributed by atoms with Crippen LogP contribution in [0.15, 0.2) is 40.1 Å². The first-order valence-electron chi connectivity index (χ1n) is 9.61. The fourth-order valence-electron chi connectivity index (χ4n) is 3.56. The zero-order valence-corrected chi connectivity index (χ0v) is 19.7. The Morgan fingerprint density at radius 3 is 2.45 bits per heavy atom. The zero-order chi connectivity index (χ0) is 24.0. The maximum atomic E-state index is 13.1. The summed E-state index contributed by atoms with van der Waals surface area (Å²) >= 11 is 1.28. The molecule has 1 aromatic heterocycles. The number of nitrogens with two attached hydrogens (primary N) is 3. The SMILES string of the molecule is C[C@@H](CN)NS(=O)(=O)c1ccc(-c2cccc3sc(N)nc23)c(C2NNNN2)c1S(N)(=O)=O. The Labute approximate surface area is 194 Å². The number of sulfonamides is 2. The highest BCUT2D eigenvalue weighted by Gasteiger charge is 2.35. The maximum absolute atomic E-state index is 13.1. The van der Waals surface area contributed by atoms with Crippen LogP contribution in [0, 0.1) is 0 Å². The smallest absolute Gasteiger partial charge is 0.242 e. The highest BCUT2D eigenvalue weighted by Crippen LogP contribution is 2.40. The number of hydrogen-bond acceptors (Lipinski definition) is 12. The van der Waals surface area contributed by atoms with E-state index >= 15 is 0 Å². The van der Waals surface area contributed by atoms with Gasteiger partial charge in [0.25, 0.3) is 0 Å². The van der Waals surface area contributed by atoms with Crippen LogP contribution in [-0.4, -0.2) is 34.4 Å². The van der Waals surface area contributed by atoms with Gasteiger partial charge in [-0.25, -0.2) is 42.5 Å². The molecule has 11 N–H and O–H groups in total. The van der Waals surface area contributed by atoms with E-state index in [0.29, 0.717) is 21.8 Å². The monoisotopic (exact) mass is 513 g/mol. The van der Waals surface area contributed by atoms with Crippen molar-refractivity contribution < 1.29 is 16.8 Å². The first kappa shape index (κ1) is 23.9. The van der Waals surface area contributed by atoms with Gasteiger partial charge in [-0.2, -0.15) is 11.1 Å². The number of hydrazine groups is 3. The molecule has 3 aromatic rings. The van der Waals surface area contributed by atoms with Crippen molar-refractivity contribution >= 4 is 46.7 Å². The summed E-state index contributed by atoms with van der Waals surface area (Å²) in [4.78, 5) is 3.31. The van der Waals surface area contributed by atoms with Crippen LogP contribution in [0.25, 0.3) is 21.3 Å². The average molecular weight is 514 g/mol. The van der Waals surface area contributed by atoms with Gasteiger partial charge in [0.2, 0.25) is 20.0 Å². The molecule has 33 heavy (non-hydrogen) atoms. The van der Waals surface area contributed by atoms with Crippen LogP contribution in [0.5, 0.6) is 0 Å². The number of nitrogens with zero attached hydrogens (tertiary/aromatic N) is 1. The minimum atomic E-state index is -4.53. The van der Waals surface area contributed by atoms with Gasteiger partial charge < -0.3 is 11.5 Å². The Morgan fingerprint density at radius 2 is 1.82 bits per heavy atom. The highest BCUT2D eigenvalue weighted by atomic mass is 32.2. The summed E-state index contributed by atoms with van der Waals surface area (Å²) in [6.45, 7) is 1.58. The molecule has 1 aliphatic heterocycles. The molecule has 4 rings (SSSR count). The lowest BCUT2D eigenvalue weighted by Crippen LogP contribution is -2.39. The van der Waals surface area contributed by atoms with Gasteiger partial charge in [-0.3, -0.25) is 0 Å². The number of rotatable bonds is 7. The van der Waals surface area contributed by atoms with Crippen molar-refractivity contribution in [1.82, 2.24) is 31.6 Å². The van der Waals surface area contributed by atoms with Crippen LogP contribution in [0.3, 0.4) is 0 Å². The second kappa shape index (κ2) is 8.84. The molecule has 2 heterocycles. The number of nitrogen functional groups attached to an aromatic ring is 1. The Bertz CT molecular complexity index is 1420. The lowest BCUT2D eigenvalue weighted by atomic mass is 9.97. The Kier molecular flexibility index (Phi) is 6.40. The molecule has 1 atom stereocenters. The standard InChI is InChI=1S/C17H23N9O4S3/c1-8(7-18)24-33(29,30)12-6-5-9(10-3-2-4-11-14(10)21-17(19)31-11)13(15(12)32(20,27)28)16-22-25-26-23-16/h2-6,8,16,22-26H,7,18H2,1H3,(H2,19,21)(H2,20,27,28)/t8-/m0/s1. The summed E-state index contributed by atoms with van der Waals surface area (Å²) < 4.78 is 55.0. The number of fused-ring (bicyclic) bond motifs is 1. The first-order valence-corrected chi connectivity index (χ1v) is 13.5. The van der Waals surface area contributed by atoms with E-state index in [9.17, 15) is 16.8 Å². The fraction of sp³-hybridized carbons (Fsp3) is 0.235. The largest absolute Gasteiger partial charge is 0.375 e. The average Bonchev–Trinajstić information content (AvgIpc) is 3.40. The van der Waals surface area contributed by atoms with Gasteiger partial charge in [0.1, 0.15) is 16.0 Å². The summed E-state index contributed by atoms with van der Waals surface area (Å²) in [7, 11) is -8.83. The van der Waals surface area contributed by atoms with Gasteiger partial charge in [-0.15, -0.1) is 0 Å².